The molecule has 0 bridgehead atoms. The molecule has 2 rings (SSSR count). The lowest BCUT2D eigenvalue weighted by atomic mass is 9.72. The van der Waals surface area contributed by atoms with Crippen LogP contribution in [0, 0.1) is 16.7 Å². The van der Waals surface area contributed by atoms with Gasteiger partial charge in [-0.25, -0.2) is 0 Å². The van der Waals surface area contributed by atoms with E-state index >= 15 is 0 Å². The van der Waals surface area contributed by atoms with Crippen molar-refractivity contribution < 1.29 is 14.6 Å². The van der Waals surface area contributed by atoms with Crippen molar-refractivity contribution in [1.29, 1.82) is 5.26 Å². The third-order valence-corrected chi connectivity index (χ3v) is 4.14. The molecule has 4 heteroatoms. The zero-order valence-electron chi connectivity index (χ0n) is 13.2. The van der Waals surface area contributed by atoms with Crippen molar-refractivity contribution >= 4 is 5.97 Å². The summed E-state index contributed by atoms with van der Waals surface area (Å²) in [4.78, 5) is 12.6. The van der Waals surface area contributed by atoms with Gasteiger partial charge in [-0.2, -0.15) is 5.26 Å². The molecule has 1 N–H and O–H groups in total. The minimum absolute atomic E-state index is 0.163. The van der Waals surface area contributed by atoms with Gasteiger partial charge >= 0.3 is 5.97 Å². The van der Waals surface area contributed by atoms with Crippen molar-refractivity contribution in [2.45, 2.75) is 39.2 Å². The van der Waals surface area contributed by atoms with Crippen LogP contribution >= 0.6 is 0 Å². The number of hydrogen-bond acceptors (Lipinski definition) is 4. The van der Waals surface area contributed by atoms with E-state index in [4.69, 9.17) is 4.74 Å². The molecule has 116 valence electrons. The first-order chi connectivity index (χ1) is 10.5. The average Bonchev–Trinajstić information content (AvgIpc) is 2.80. The molecule has 0 radical (unpaired) electrons. The molecule has 0 saturated heterocycles. The van der Waals surface area contributed by atoms with Gasteiger partial charge in [0.25, 0.3) is 0 Å². The second-order valence-corrected chi connectivity index (χ2v) is 6.02. The van der Waals surface area contributed by atoms with Crippen LogP contribution in [0.25, 0.3) is 0 Å². The van der Waals surface area contributed by atoms with Crippen molar-refractivity contribution in [2.75, 3.05) is 6.61 Å². The van der Waals surface area contributed by atoms with E-state index < -0.39 is 17.3 Å². The molecule has 1 aromatic carbocycles. The highest BCUT2D eigenvalue weighted by Crippen LogP contribution is 2.52. The number of aliphatic hydroxyl groups is 1. The van der Waals surface area contributed by atoms with Crippen LogP contribution in [0.1, 0.15) is 38.7 Å². The van der Waals surface area contributed by atoms with E-state index in [0.717, 1.165) is 16.7 Å². The van der Waals surface area contributed by atoms with Crippen LogP contribution in [0.5, 0.6) is 0 Å². The third kappa shape index (κ3) is 2.65. The number of nitrogens with zero attached hydrogens (tertiary/aromatic N) is 1. The van der Waals surface area contributed by atoms with Gasteiger partial charge in [0.2, 0.25) is 0 Å². The Kier molecular flexibility index (Phi) is 4.68. The van der Waals surface area contributed by atoms with Crippen LogP contribution in [0.2, 0.25) is 0 Å². The van der Waals surface area contributed by atoms with Gasteiger partial charge in [-0.1, -0.05) is 35.9 Å². The molecule has 0 saturated carbocycles. The molecule has 0 amide bonds. The van der Waals surface area contributed by atoms with Gasteiger partial charge in [0.1, 0.15) is 0 Å². The molecule has 2 atom stereocenters. The number of benzene rings is 1. The number of rotatable bonds is 4. The Morgan fingerprint density at radius 2 is 2.09 bits per heavy atom. The largest absolute Gasteiger partial charge is 0.462 e. The summed E-state index contributed by atoms with van der Waals surface area (Å²) in [5.74, 6) is -0.975. The van der Waals surface area contributed by atoms with Gasteiger partial charge in [-0.15, -0.1) is 0 Å². The van der Waals surface area contributed by atoms with Crippen LogP contribution in [0.15, 0.2) is 41.5 Å². The highest BCUT2D eigenvalue weighted by atomic mass is 16.5. The van der Waals surface area contributed by atoms with Crippen LogP contribution in [0.3, 0.4) is 0 Å². The normalized spacial score (nSPS) is 24.5. The van der Waals surface area contributed by atoms with E-state index in [2.05, 4.69) is 6.07 Å². The van der Waals surface area contributed by atoms with E-state index in [0.29, 0.717) is 6.42 Å². The number of nitriles is 1. The topological polar surface area (TPSA) is 70.3 Å². The van der Waals surface area contributed by atoms with Crippen molar-refractivity contribution in [3.05, 3.63) is 47.0 Å². The molecule has 0 spiro atoms. The smallest absolute Gasteiger partial charge is 0.328 e. The maximum Gasteiger partial charge on any atom is 0.328 e. The monoisotopic (exact) mass is 299 g/mol. The lowest BCUT2D eigenvalue weighted by Crippen LogP contribution is -2.37. The molecule has 0 unspecified atom stereocenters. The summed E-state index contributed by atoms with van der Waals surface area (Å²) in [6, 6.07) is 11.6. The SMILES string of the molecule is CC1=C(CO)[C@@H](c2ccccc2)[C@](C#N)(C(=O)OC(C)C)C1. The number of carbonyl (C=O) groups excluding carboxylic acids is 1. The van der Waals surface area contributed by atoms with E-state index in [9.17, 15) is 15.2 Å². The fraction of sp³-hybridized carbons (Fsp3) is 0.444. The fourth-order valence-corrected chi connectivity index (χ4v) is 3.19. The maximum atomic E-state index is 12.6. The molecule has 0 aliphatic heterocycles. The van der Waals surface area contributed by atoms with Gasteiger partial charge < -0.3 is 9.84 Å². The summed E-state index contributed by atoms with van der Waals surface area (Å²) in [6.45, 7) is 5.23. The molecule has 1 aliphatic carbocycles. The Bertz CT molecular complexity index is 627. The highest BCUT2D eigenvalue weighted by molar-refractivity contribution is 5.84. The first kappa shape index (κ1) is 16.3. The maximum absolute atomic E-state index is 12.6. The van der Waals surface area contributed by atoms with Crippen LogP contribution in [0.4, 0.5) is 0 Å². The second-order valence-electron chi connectivity index (χ2n) is 6.02. The minimum Gasteiger partial charge on any atom is -0.462 e. The summed E-state index contributed by atoms with van der Waals surface area (Å²) in [5, 5.41) is 19.5. The minimum atomic E-state index is -1.30. The summed E-state index contributed by atoms with van der Waals surface area (Å²) < 4.78 is 5.35. The van der Waals surface area contributed by atoms with Gasteiger partial charge in [0, 0.05) is 5.92 Å². The van der Waals surface area contributed by atoms with Gasteiger partial charge in [0.05, 0.1) is 18.8 Å². The standard InChI is InChI=1S/C18H21NO3/c1-12(2)22-17(21)18(11-19)9-13(3)15(10-20)16(18)14-7-5-4-6-8-14/h4-8,12,16,20H,9-10H2,1-3H3/t16-,18+/m1/s1. The Hall–Kier alpha value is -2.12. The fourth-order valence-electron chi connectivity index (χ4n) is 3.19. The predicted molar refractivity (Wildman–Crippen MR) is 82.9 cm³/mol. The Labute approximate surface area is 131 Å². The molecule has 1 aromatic rings. The van der Waals surface area contributed by atoms with Crippen LogP contribution < -0.4 is 0 Å². The Morgan fingerprint density at radius 3 is 2.59 bits per heavy atom. The molecule has 4 nitrogen and oxygen atoms in total. The zero-order valence-corrected chi connectivity index (χ0v) is 13.2. The van der Waals surface area contributed by atoms with E-state index in [-0.39, 0.29) is 12.7 Å². The van der Waals surface area contributed by atoms with Crippen molar-refractivity contribution in [3.63, 3.8) is 0 Å². The number of allylic oxidation sites excluding steroid dienone is 1. The summed E-state index contributed by atoms with van der Waals surface area (Å²) in [7, 11) is 0. The number of carbonyl (C=O) groups is 1. The molecule has 22 heavy (non-hydrogen) atoms. The van der Waals surface area contributed by atoms with Gasteiger partial charge in [-0.05, 0) is 38.3 Å². The molecular weight excluding hydrogens is 278 g/mol. The Balaban J connectivity index is 2.55. The summed E-state index contributed by atoms with van der Waals surface area (Å²) in [5.41, 5.74) is 1.19. The van der Waals surface area contributed by atoms with Gasteiger partial charge in [-0.3, -0.25) is 4.79 Å². The molecule has 0 aromatic heterocycles. The number of ether oxygens (including phenoxy) is 1. The first-order valence-corrected chi connectivity index (χ1v) is 7.43. The highest BCUT2D eigenvalue weighted by Gasteiger charge is 2.54. The number of esters is 1. The lowest BCUT2D eigenvalue weighted by molar-refractivity contribution is -0.156. The molecule has 1 aliphatic rings. The van der Waals surface area contributed by atoms with Crippen LogP contribution in [-0.2, 0) is 9.53 Å². The summed E-state index contributed by atoms with van der Waals surface area (Å²) >= 11 is 0. The summed E-state index contributed by atoms with van der Waals surface area (Å²) in [6.07, 6.45) is 0.0115. The van der Waals surface area contributed by atoms with Crippen molar-refractivity contribution in [3.8, 4) is 6.07 Å². The lowest BCUT2D eigenvalue weighted by Gasteiger charge is -2.29. The number of aliphatic hydroxyl groups excluding tert-OH is 1. The van der Waals surface area contributed by atoms with Crippen molar-refractivity contribution in [1.82, 2.24) is 0 Å². The molecule has 0 fully saturated rings. The van der Waals surface area contributed by atoms with E-state index in [1.165, 1.54) is 0 Å². The quantitative estimate of drug-likeness (QED) is 0.685. The van der Waals surface area contributed by atoms with E-state index in [1.54, 1.807) is 13.8 Å². The first-order valence-electron chi connectivity index (χ1n) is 7.43. The van der Waals surface area contributed by atoms with Gasteiger partial charge in [0.15, 0.2) is 5.41 Å². The molecular formula is C18H21NO3. The van der Waals surface area contributed by atoms with E-state index in [1.807, 2.05) is 37.3 Å². The number of hydrogen-bond donors (Lipinski definition) is 1. The third-order valence-electron chi connectivity index (χ3n) is 4.14. The van der Waals surface area contributed by atoms with Crippen LogP contribution in [-0.4, -0.2) is 23.8 Å². The molecule has 0 heterocycles. The predicted octanol–water partition coefficient (Wildman–Crippen LogP) is 2.94. The second kappa shape index (κ2) is 6.33. The Morgan fingerprint density at radius 1 is 1.45 bits per heavy atom. The average molecular weight is 299 g/mol. The zero-order chi connectivity index (χ0) is 16.3. The van der Waals surface area contributed by atoms with Crippen molar-refractivity contribution in [2.24, 2.45) is 5.41 Å².